The van der Waals surface area contributed by atoms with Gasteiger partial charge in [-0.15, -0.1) is 0 Å². The third-order valence-corrected chi connectivity index (χ3v) is 8.66. The molecule has 9 heteroatoms. The topological polar surface area (TPSA) is 107 Å². The fraction of sp³-hybridized carbons (Fsp3) is 0.417. The molecule has 238 valence electrons. The lowest BCUT2D eigenvalue weighted by Crippen LogP contribution is -2.44. The van der Waals surface area contributed by atoms with Crippen molar-refractivity contribution in [3.8, 4) is 11.5 Å². The summed E-state index contributed by atoms with van der Waals surface area (Å²) < 4.78 is 12.6. The number of anilines is 1. The van der Waals surface area contributed by atoms with Gasteiger partial charge in [-0.05, 0) is 82.0 Å². The van der Waals surface area contributed by atoms with Gasteiger partial charge in [-0.1, -0.05) is 60.5 Å². The van der Waals surface area contributed by atoms with Crippen LogP contribution >= 0.6 is 0 Å². The molecule has 5 rings (SSSR count). The number of oxime groups is 1. The third-order valence-electron chi connectivity index (χ3n) is 8.66. The minimum atomic E-state index is -0.970. The number of amidine groups is 1. The number of piperidine rings is 1. The first-order valence-corrected chi connectivity index (χ1v) is 16.0. The lowest BCUT2D eigenvalue weighted by molar-refractivity contribution is -0.141. The molecule has 3 aromatic carbocycles. The zero-order chi connectivity index (χ0) is 31.8. The molecule has 0 aliphatic carbocycles. The summed E-state index contributed by atoms with van der Waals surface area (Å²) in [5.74, 6) is 0.353. The monoisotopic (exact) mass is 612 g/mol. The molecule has 3 unspecified atom stereocenters. The molecule has 0 saturated carbocycles. The van der Waals surface area contributed by atoms with Crippen molar-refractivity contribution in [2.75, 3.05) is 18.0 Å². The number of benzene rings is 3. The van der Waals surface area contributed by atoms with Crippen molar-refractivity contribution in [2.24, 2.45) is 10.9 Å². The summed E-state index contributed by atoms with van der Waals surface area (Å²) in [4.78, 5) is 34.8. The normalized spacial score (nSPS) is 20.3. The minimum absolute atomic E-state index is 0.00100. The summed E-state index contributed by atoms with van der Waals surface area (Å²) in [5, 5.41) is 3.74. The lowest BCUT2D eigenvalue weighted by Gasteiger charge is -2.39. The minimum Gasteiger partial charge on any atom is -0.488 e. The predicted molar refractivity (Wildman–Crippen MR) is 175 cm³/mol. The predicted octanol–water partition coefficient (Wildman–Crippen LogP) is 6.35. The first-order valence-electron chi connectivity index (χ1n) is 16.0. The van der Waals surface area contributed by atoms with Gasteiger partial charge < -0.3 is 24.9 Å². The van der Waals surface area contributed by atoms with E-state index in [0.29, 0.717) is 47.9 Å². The average Bonchev–Trinajstić information content (AvgIpc) is 3.04. The summed E-state index contributed by atoms with van der Waals surface area (Å²) >= 11 is 0. The van der Waals surface area contributed by atoms with Crippen molar-refractivity contribution in [1.29, 1.82) is 0 Å². The van der Waals surface area contributed by atoms with Crippen LogP contribution in [0, 0.1) is 0 Å². The van der Waals surface area contributed by atoms with Gasteiger partial charge in [-0.2, -0.15) is 0 Å². The highest BCUT2D eigenvalue weighted by Gasteiger charge is 2.37. The molecule has 3 atom stereocenters. The van der Waals surface area contributed by atoms with E-state index in [1.807, 2.05) is 59.5 Å². The van der Waals surface area contributed by atoms with Crippen LogP contribution in [0.4, 0.5) is 5.69 Å². The highest BCUT2D eigenvalue weighted by atomic mass is 16.7. The van der Waals surface area contributed by atoms with Crippen LogP contribution in [-0.2, 0) is 21.0 Å². The highest BCUT2D eigenvalue weighted by molar-refractivity contribution is 6.02. The highest BCUT2D eigenvalue weighted by Crippen LogP contribution is 2.41. The Bertz CT molecular complexity index is 1480. The Morgan fingerprint density at radius 2 is 1.67 bits per heavy atom. The maximum absolute atomic E-state index is 14.2. The number of carbonyl (C=O) groups excluding carboxylic acids is 2. The van der Waals surface area contributed by atoms with E-state index in [-0.39, 0.29) is 11.7 Å². The van der Waals surface area contributed by atoms with Gasteiger partial charge >= 0.3 is 5.97 Å². The molecule has 0 aromatic heterocycles. The van der Waals surface area contributed by atoms with Crippen molar-refractivity contribution < 1.29 is 23.9 Å². The molecular formula is C36H44N4O5. The zero-order valence-corrected chi connectivity index (χ0v) is 26.5. The maximum Gasteiger partial charge on any atom is 0.332 e. The molecule has 1 saturated heterocycles. The summed E-state index contributed by atoms with van der Waals surface area (Å²) in [6.07, 6.45) is 5.88. The number of unbranched alkanes of at least 4 members (excludes halogenated alkanes) is 2. The fourth-order valence-electron chi connectivity index (χ4n) is 6.25. The van der Waals surface area contributed by atoms with E-state index in [0.717, 1.165) is 37.1 Å². The number of fused-ring (bicyclic) bond motifs is 1. The van der Waals surface area contributed by atoms with E-state index in [9.17, 15) is 9.59 Å². The van der Waals surface area contributed by atoms with E-state index in [2.05, 4.69) is 23.9 Å². The van der Waals surface area contributed by atoms with Crippen LogP contribution in [0.1, 0.15) is 82.1 Å². The largest absolute Gasteiger partial charge is 0.488 e. The van der Waals surface area contributed by atoms with Gasteiger partial charge in [0.15, 0.2) is 5.84 Å². The van der Waals surface area contributed by atoms with E-state index in [1.165, 1.54) is 26.2 Å². The van der Waals surface area contributed by atoms with Crippen molar-refractivity contribution in [3.05, 3.63) is 89.5 Å². The van der Waals surface area contributed by atoms with E-state index >= 15 is 0 Å². The summed E-state index contributed by atoms with van der Waals surface area (Å²) in [5.41, 5.74) is 8.89. The van der Waals surface area contributed by atoms with Crippen molar-refractivity contribution >= 4 is 23.4 Å². The Balaban J connectivity index is 1.37. The Hall–Kier alpha value is -4.37. The Kier molecular flexibility index (Phi) is 10.7. The number of hydrogen-bond acceptors (Lipinski definition) is 7. The molecule has 3 aromatic rings. The first kappa shape index (κ1) is 32.0. The SMILES string of the molecule is CC(=O)O/N=C(\N)c1ccc(OCc2ccccc2)c(C2Oc3ccccc3N(CCCCCN3C(C)CCCC3C)C2=O)c1. The van der Waals surface area contributed by atoms with Gasteiger partial charge in [0.05, 0.1) is 5.69 Å². The number of amides is 1. The van der Waals surface area contributed by atoms with Crippen LogP contribution in [0.5, 0.6) is 11.5 Å². The van der Waals surface area contributed by atoms with Crippen molar-refractivity contribution in [1.82, 2.24) is 4.90 Å². The second-order valence-electron chi connectivity index (χ2n) is 12.0. The second kappa shape index (κ2) is 15.1. The molecule has 9 nitrogen and oxygen atoms in total. The Labute approximate surface area is 265 Å². The van der Waals surface area contributed by atoms with Crippen LogP contribution < -0.4 is 20.1 Å². The third kappa shape index (κ3) is 8.02. The van der Waals surface area contributed by atoms with Gasteiger partial charge in [0.1, 0.15) is 18.1 Å². The maximum atomic E-state index is 14.2. The van der Waals surface area contributed by atoms with E-state index in [1.54, 1.807) is 18.2 Å². The Morgan fingerprint density at radius 3 is 2.42 bits per heavy atom. The number of nitrogens with two attached hydrogens (primary N) is 1. The average molecular weight is 613 g/mol. The van der Waals surface area contributed by atoms with Crippen LogP contribution in [-0.4, -0.2) is 47.8 Å². The fourth-order valence-corrected chi connectivity index (χ4v) is 6.25. The zero-order valence-electron chi connectivity index (χ0n) is 26.5. The molecule has 2 heterocycles. The second-order valence-corrected chi connectivity index (χ2v) is 12.0. The number of likely N-dealkylation sites (tertiary alicyclic amines) is 1. The molecule has 0 spiro atoms. The molecular weight excluding hydrogens is 568 g/mol. The van der Waals surface area contributed by atoms with Gasteiger partial charge in [0.2, 0.25) is 6.10 Å². The van der Waals surface area contributed by atoms with E-state index in [4.69, 9.17) is 20.0 Å². The van der Waals surface area contributed by atoms with Crippen LogP contribution in [0.25, 0.3) is 0 Å². The van der Waals surface area contributed by atoms with Crippen molar-refractivity contribution in [3.63, 3.8) is 0 Å². The Morgan fingerprint density at radius 1 is 0.956 bits per heavy atom. The van der Waals surface area contributed by atoms with E-state index < -0.39 is 12.1 Å². The number of para-hydroxylation sites is 2. The first-order chi connectivity index (χ1) is 21.8. The molecule has 2 aliphatic rings. The number of nitrogens with zero attached hydrogens (tertiary/aromatic N) is 3. The molecule has 2 N–H and O–H groups in total. The van der Waals surface area contributed by atoms with Gasteiger partial charge in [-0.3, -0.25) is 9.69 Å². The van der Waals surface area contributed by atoms with Crippen LogP contribution in [0.15, 0.2) is 78.0 Å². The van der Waals surface area contributed by atoms with Gasteiger partial charge in [-0.25, -0.2) is 4.79 Å². The van der Waals surface area contributed by atoms with Gasteiger partial charge in [0, 0.05) is 36.7 Å². The number of hydrogen-bond donors (Lipinski definition) is 1. The molecule has 2 aliphatic heterocycles. The van der Waals surface area contributed by atoms with Gasteiger partial charge in [0.25, 0.3) is 5.91 Å². The molecule has 0 radical (unpaired) electrons. The number of ether oxygens (including phenoxy) is 2. The summed E-state index contributed by atoms with van der Waals surface area (Å²) in [6.45, 7) is 7.89. The molecule has 1 amide bonds. The molecule has 45 heavy (non-hydrogen) atoms. The standard InChI is InChI=1S/C36H44N4O5/c1-25-13-12-14-26(2)39(25)21-10-5-11-22-40-31-17-8-9-18-33(31)44-34(36(40)42)30-23-29(35(37)38-45-27(3)41)19-20-32(30)43-24-28-15-6-4-7-16-28/h4,6-9,15-20,23,25-26,34H,5,10-14,21-22,24H2,1-3H3,(H2,37,38). The summed E-state index contributed by atoms with van der Waals surface area (Å²) in [6, 6.07) is 23.9. The number of carbonyl (C=O) groups is 2. The van der Waals surface area contributed by atoms with Crippen molar-refractivity contribution in [2.45, 2.75) is 84.1 Å². The molecule has 1 fully saturated rings. The number of rotatable bonds is 12. The van der Waals surface area contributed by atoms with Crippen LogP contribution in [0.3, 0.4) is 0 Å². The van der Waals surface area contributed by atoms with Crippen LogP contribution in [0.2, 0.25) is 0 Å². The quantitative estimate of drug-likeness (QED) is 0.0835. The molecule has 0 bridgehead atoms. The lowest BCUT2D eigenvalue weighted by atomic mass is 9.97. The smallest absolute Gasteiger partial charge is 0.332 e. The summed E-state index contributed by atoms with van der Waals surface area (Å²) in [7, 11) is 0.